The number of hydrogen-bond donors (Lipinski definition) is 2. The van der Waals surface area contributed by atoms with Crippen LogP contribution in [0.2, 0.25) is 0 Å². The largest absolute Gasteiger partial charge is 0.368 e. The highest BCUT2D eigenvalue weighted by atomic mass is 16.2. The van der Waals surface area contributed by atoms with Gasteiger partial charge in [-0.1, -0.05) is 0 Å². The maximum atomic E-state index is 11.3. The minimum absolute atomic E-state index is 0.253. The highest BCUT2D eigenvalue weighted by molar-refractivity contribution is 5.85. The normalized spacial score (nSPS) is 11.9. The lowest BCUT2D eigenvalue weighted by molar-refractivity contribution is -0.119. The number of urea groups is 1. The van der Waals surface area contributed by atoms with Gasteiger partial charge in [0.25, 0.3) is 0 Å². The van der Waals surface area contributed by atoms with Crippen molar-refractivity contribution in [3.8, 4) is 0 Å². The number of nitrogens with one attached hydrogen (secondary N) is 1. The van der Waals surface area contributed by atoms with Gasteiger partial charge in [-0.05, 0) is 20.8 Å². The number of amides is 3. The molecule has 0 saturated heterocycles. The van der Waals surface area contributed by atoms with Crippen molar-refractivity contribution >= 4 is 11.9 Å². The molecule has 0 aliphatic heterocycles. The minimum Gasteiger partial charge on any atom is -0.368 e. The lowest BCUT2D eigenvalue weighted by Crippen LogP contribution is -2.48. The summed E-state index contributed by atoms with van der Waals surface area (Å²) in [4.78, 5) is 23.5. The van der Waals surface area contributed by atoms with Gasteiger partial charge < -0.3 is 16.0 Å². The molecule has 5 heteroatoms. The van der Waals surface area contributed by atoms with E-state index in [1.807, 2.05) is 13.8 Å². The zero-order valence-corrected chi connectivity index (χ0v) is 8.33. The minimum atomic E-state index is -0.618. The van der Waals surface area contributed by atoms with E-state index in [2.05, 4.69) is 5.32 Å². The molecule has 0 heterocycles. The number of nitrogens with zero attached hydrogens (tertiary/aromatic N) is 1. The molecule has 3 N–H and O–H groups in total. The van der Waals surface area contributed by atoms with Crippen LogP contribution in [0.4, 0.5) is 4.79 Å². The molecule has 0 rings (SSSR count). The Morgan fingerprint density at radius 3 is 2.15 bits per heavy atom. The van der Waals surface area contributed by atoms with Crippen LogP contribution in [0.25, 0.3) is 0 Å². The Bertz CT molecular complexity index is 190. The number of nitrogens with two attached hydrogens (primary N) is 1. The van der Waals surface area contributed by atoms with E-state index < -0.39 is 11.9 Å². The zero-order valence-electron chi connectivity index (χ0n) is 8.33. The number of carbonyl (C=O) groups is 2. The molecule has 13 heavy (non-hydrogen) atoms. The quantitative estimate of drug-likeness (QED) is 0.645. The molecule has 0 spiro atoms. The van der Waals surface area contributed by atoms with Gasteiger partial charge in [0.2, 0.25) is 5.91 Å². The molecule has 0 aromatic rings. The first kappa shape index (κ1) is 11.7. The van der Waals surface area contributed by atoms with Crippen LogP contribution in [0, 0.1) is 0 Å². The molecule has 0 saturated carbocycles. The van der Waals surface area contributed by atoms with E-state index in [0.717, 1.165) is 0 Å². The lowest BCUT2D eigenvalue weighted by atomic mass is 10.3. The second-order valence-corrected chi connectivity index (χ2v) is 2.75. The summed E-state index contributed by atoms with van der Waals surface area (Å²) >= 11 is 0. The Morgan fingerprint density at radius 2 is 1.85 bits per heavy atom. The van der Waals surface area contributed by atoms with Crippen molar-refractivity contribution < 1.29 is 9.59 Å². The zero-order chi connectivity index (χ0) is 10.4. The summed E-state index contributed by atoms with van der Waals surface area (Å²) in [6.45, 7) is 6.54. The Balaban J connectivity index is 4.05. The molecule has 0 bridgehead atoms. The van der Waals surface area contributed by atoms with Crippen molar-refractivity contribution in [3.63, 3.8) is 0 Å². The molecule has 3 amide bonds. The first-order chi connectivity index (χ1) is 6.02. The molecule has 0 aromatic carbocycles. The Kier molecular flexibility index (Phi) is 4.87. The Labute approximate surface area is 78.3 Å². The summed E-state index contributed by atoms with van der Waals surface area (Å²) in [6.07, 6.45) is 0. The summed E-state index contributed by atoms with van der Waals surface area (Å²) in [7, 11) is 0. The second-order valence-electron chi connectivity index (χ2n) is 2.75. The van der Waals surface area contributed by atoms with E-state index in [4.69, 9.17) is 5.73 Å². The van der Waals surface area contributed by atoms with E-state index in [-0.39, 0.29) is 6.03 Å². The standard InChI is InChI=1S/C8H17N3O2/c1-4-11(5-2)8(13)10-6(3)7(9)12/h6H,4-5H2,1-3H3,(H2,9,12)(H,10,13). The molecule has 0 fully saturated rings. The topological polar surface area (TPSA) is 75.4 Å². The van der Waals surface area contributed by atoms with E-state index >= 15 is 0 Å². The van der Waals surface area contributed by atoms with Crippen LogP contribution in [-0.4, -0.2) is 36.0 Å². The third-order valence-corrected chi connectivity index (χ3v) is 1.82. The van der Waals surface area contributed by atoms with Gasteiger partial charge in [-0.2, -0.15) is 0 Å². The maximum Gasteiger partial charge on any atom is 0.318 e. The summed E-state index contributed by atoms with van der Waals surface area (Å²) in [6, 6.07) is -0.871. The highest BCUT2D eigenvalue weighted by Gasteiger charge is 2.15. The molecular weight excluding hydrogens is 170 g/mol. The van der Waals surface area contributed by atoms with E-state index in [9.17, 15) is 9.59 Å². The number of hydrogen-bond acceptors (Lipinski definition) is 2. The Morgan fingerprint density at radius 1 is 1.38 bits per heavy atom. The third-order valence-electron chi connectivity index (χ3n) is 1.82. The number of carbonyl (C=O) groups excluding carboxylic acids is 2. The van der Waals surface area contributed by atoms with Crippen LogP contribution in [0.5, 0.6) is 0 Å². The first-order valence-electron chi connectivity index (χ1n) is 4.37. The van der Waals surface area contributed by atoms with Crippen LogP contribution in [0.3, 0.4) is 0 Å². The summed E-state index contributed by atoms with van der Waals surface area (Å²) in [5.41, 5.74) is 5.00. The van der Waals surface area contributed by atoms with Crippen molar-refractivity contribution in [2.75, 3.05) is 13.1 Å². The highest BCUT2D eigenvalue weighted by Crippen LogP contribution is 1.89. The van der Waals surface area contributed by atoms with Crippen molar-refractivity contribution in [1.29, 1.82) is 0 Å². The molecule has 0 aliphatic carbocycles. The van der Waals surface area contributed by atoms with Crippen LogP contribution in [0.1, 0.15) is 20.8 Å². The lowest BCUT2D eigenvalue weighted by Gasteiger charge is -2.21. The number of primary amides is 1. The maximum absolute atomic E-state index is 11.3. The van der Waals surface area contributed by atoms with E-state index in [1.54, 1.807) is 11.8 Å². The average Bonchev–Trinajstić information content (AvgIpc) is 2.06. The van der Waals surface area contributed by atoms with Gasteiger partial charge in [-0.25, -0.2) is 4.79 Å². The van der Waals surface area contributed by atoms with Crippen LogP contribution < -0.4 is 11.1 Å². The monoisotopic (exact) mass is 187 g/mol. The van der Waals surface area contributed by atoms with Crippen molar-refractivity contribution in [1.82, 2.24) is 10.2 Å². The van der Waals surface area contributed by atoms with Gasteiger partial charge >= 0.3 is 6.03 Å². The van der Waals surface area contributed by atoms with E-state index in [1.165, 1.54) is 0 Å². The van der Waals surface area contributed by atoms with Crippen molar-refractivity contribution in [3.05, 3.63) is 0 Å². The number of rotatable bonds is 4. The molecule has 1 unspecified atom stereocenters. The van der Waals surface area contributed by atoms with Crippen LogP contribution in [0.15, 0.2) is 0 Å². The summed E-state index contributed by atoms with van der Waals surface area (Å²) in [5, 5.41) is 2.49. The molecule has 0 aromatic heterocycles. The molecule has 5 nitrogen and oxygen atoms in total. The molecule has 76 valence electrons. The third kappa shape index (κ3) is 3.78. The summed E-state index contributed by atoms with van der Waals surface area (Å²) < 4.78 is 0. The fourth-order valence-corrected chi connectivity index (χ4v) is 0.858. The Hall–Kier alpha value is -1.26. The van der Waals surface area contributed by atoms with Gasteiger partial charge in [0.1, 0.15) is 6.04 Å². The van der Waals surface area contributed by atoms with Gasteiger partial charge in [0.15, 0.2) is 0 Å². The predicted molar refractivity (Wildman–Crippen MR) is 50.1 cm³/mol. The van der Waals surface area contributed by atoms with Crippen molar-refractivity contribution in [2.24, 2.45) is 5.73 Å². The van der Waals surface area contributed by atoms with Crippen molar-refractivity contribution in [2.45, 2.75) is 26.8 Å². The van der Waals surface area contributed by atoms with Gasteiger partial charge in [-0.3, -0.25) is 4.79 Å². The van der Waals surface area contributed by atoms with Gasteiger partial charge in [0.05, 0.1) is 0 Å². The molecular formula is C8H17N3O2. The van der Waals surface area contributed by atoms with E-state index in [0.29, 0.717) is 13.1 Å². The van der Waals surface area contributed by atoms with Gasteiger partial charge in [0, 0.05) is 13.1 Å². The summed E-state index contributed by atoms with van der Waals surface area (Å²) in [5.74, 6) is -0.527. The van der Waals surface area contributed by atoms with Crippen LogP contribution >= 0.6 is 0 Å². The first-order valence-corrected chi connectivity index (χ1v) is 4.37. The van der Waals surface area contributed by atoms with Gasteiger partial charge in [-0.15, -0.1) is 0 Å². The smallest absolute Gasteiger partial charge is 0.318 e. The molecule has 0 aliphatic rings. The fourth-order valence-electron chi connectivity index (χ4n) is 0.858. The molecule has 1 atom stereocenters. The second kappa shape index (κ2) is 5.40. The SMILES string of the molecule is CCN(CC)C(=O)NC(C)C(N)=O. The fraction of sp³-hybridized carbons (Fsp3) is 0.750. The predicted octanol–water partition coefficient (Wildman–Crippen LogP) is -0.0884. The van der Waals surface area contributed by atoms with Crippen LogP contribution in [-0.2, 0) is 4.79 Å². The average molecular weight is 187 g/mol. The molecule has 0 radical (unpaired) electrons.